The van der Waals surface area contributed by atoms with Crippen LogP contribution >= 0.6 is 0 Å². The molecule has 30 heavy (non-hydrogen) atoms. The van der Waals surface area contributed by atoms with Gasteiger partial charge in [-0.15, -0.1) is 0 Å². The third kappa shape index (κ3) is 4.54. The number of rotatable bonds is 4. The molecule has 0 bridgehead atoms. The van der Waals surface area contributed by atoms with Crippen LogP contribution < -0.4 is 10.2 Å². The second-order valence-corrected chi connectivity index (χ2v) is 9.58. The Hall–Kier alpha value is -2.33. The molecule has 2 aromatic rings. The third-order valence-corrected chi connectivity index (χ3v) is 6.89. The quantitative estimate of drug-likeness (QED) is 0.779. The Morgan fingerprint density at radius 3 is 2.57 bits per heavy atom. The van der Waals surface area contributed by atoms with Crippen molar-refractivity contribution >= 4 is 11.7 Å². The molecule has 2 amide bonds. The minimum absolute atomic E-state index is 0.0254. The molecule has 0 atom stereocenters. The zero-order valence-corrected chi connectivity index (χ0v) is 18.7. The lowest BCUT2D eigenvalue weighted by atomic mass is 9.83. The van der Waals surface area contributed by atoms with Gasteiger partial charge in [0.15, 0.2) is 0 Å². The maximum absolute atomic E-state index is 13.3. The molecule has 2 aliphatic heterocycles. The van der Waals surface area contributed by atoms with Gasteiger partial charge in [0.25, 0.3) is 0 Å². The van der Waals surface area contributed by atoms with E-state index in [0.29, 0.717) is 12.5 Å². The van der Waals surface area contributed by atoms with Gasteiger partial charge in [0.1, 0.15) is 0 Å². The smallest absolute Gasteiger partial charge is 0.322 e. The predicted molar refractivity (Wildman–Crippen MR) is 124 cm³/mol. The summed E-state index contributed by atoms with van der Waals surface area (Å²) in [7, 11) is 2.20. The monoisotopic (exact) mass is 405 g/mol. The Morgan fingerprint density at radius 1 is 1.10 bits per heavy atom. The largest absolute Gasteiger partial charge is 0.337 e. The highest BCUT2D eigenvalue weighted by atomic mass is 16.2. The van der Waals surface area contributed by atoms with Crippen molar-refractivity contribution in [1.29, 1.82) is 0 Å². The SMILES string of the molecule is CN1CCC(c2ccc3c(c2)N(C(=O)NCCc2ccccc2)C(C)(C)CC3)CC1. The summed E-state index contributed by atoms with van der Waals surface area (Å²) in [6.45, 7) is 7.33. The summed E-state index contributed by atoms with van der Waals surface area (Å²) in [5.74, 6) is 0.597. The number of amides is 2. The maximum atomic E-state index is 13.3. The number of urea groups is 1. The van der Waals surface area contributed by atoms with Gasteiger partial charge < -0.3 is 10.2 Å². The van der Waals surface area contributed by atoms with Crippen LogP contribution in [0, 0.1) is 0 Å². The van der Waals surface area contributed by atoms with Crippen molar-refractivity contribution in [2.45, 2.75) is 57.4 Å². The first-order valence-corrected chi connectivity index (χ1v) is 11.4. The van der Waals surface area contributed by atoms with Crippen LogP contribution in [0.3, 0.4) is 0 Å². The van der Waals surface area contributed by atoms with Gasteiger partial charge in [0.05, 0.1) is 0 Å². The molecule has 0 unspecified atom stereocenters. The van der Waals surface area contributed by atoms with Crippen LogP contribution in [0.1, 0.15) is 55.7 Å². The highest BCUT2D eigenvalue weighted by molar-refractivity contribution is 5.95. The lowest BCUT2D eigenvalue weighted by Gasteiger charge is -2.44. The number of carbonyl (C=O) groups excluding carboxylic acids is 1. The molecular formula is C26H35N3O. The number of likely N-dealkylation sites (tertiary alicyclic amines) is 1. The second-order valence-electron chi connectivity index (χ2n) is 9.58. The zero-order chi connectivity index (χ0) is 21.1. The van der Waals surface area contributed by atoms with Crippen LogP contribution in [0.25, 0.3) is 0 Å². The van der Waals surface area contributed by atoms with Gasteiger partial charge in [-0.05, 0) is 94.8 Å². The lowest BCUT2D eigenvalue weighted by Crippen LogP contribution is -2.55. The highest BCUT2D eigenvalue weighted by Crippen LogP contribution is 2.39. The number of benzene rings is 2. The molecule has 1 fully saturated rings. The number of piperidine rings is 1. The Kier molecular flexibility index (Phi) is 6.14. The number of anilines is 1. The molecule has 4 rings (SSSR count). The molecule has 0 spiro atoms. The molecule has 2 heterocycles. The van der Waals surface area contributed by atoms with Gasteiger partial charge in [-0.3, -0.25) is 4.90 Å². The molecule has 1 saturated heterocycles. The zero-order valence-electron chi connectivity index (χ0n) is 18.7. The van der Waals surface area contributed by atoms with Crippen molar-refractivity contribution in [3.05, 3.63) is 65.2 Å². The first-order chi connectivity index (χ1) is 14.4. The number of hydrogen-bond acceptors (Lipinski definition) is 2. The average molecular weight is 406 g/mol. The molecule has 0 saturated carbocycles. The first kappa shape index (κ1) is 20.9. The van der Waals surface area contributed by atoms with E-state index in [9.17, 15) is 4.79 Å². The van der Waals surface area contributed by atoms with Crippen LogP contribution in [0.15, 0.2) is 48.5 Å². The fourth-order valence-electron chi connectivity index (χ4n) is 4.90. The molecule has 2 aliphatic rings. The molecular weight excluding hydrogens is 370 g/mol. The van der Waals surface area contributed by atoms with Gasteiger partial charge in [-0.1, -0.05) is 42.5 Å². The molecule has 160 valence electrons. The molecule has 2 aromatic carbocycles. The van der Waals surface area contributed by atoms with Crippen LogP contribution in [0.2, 0.25) is 0 Å². The van der Waals surface area contributed by atoms with Crippen LogP contribution in [-0.4, -0.2) is 43.2 Å². The van der Waals surface area contributed by atoms with Crippen LogP contribution in [0.5, 0.6) is 0 Å². The van der Waals surface area contributed by atoms with E-state index in [1.165, 1.54) is 29.5 Å². The van der Waals surface area contributed by atoms with Crippen molar-refractivity contribution in [3.63, 3.8) is 0 Å². The molecule has 4 nitrogen and oxygen atoms in total. The maximum Gasteiger partial charge on any atom is 0.322 e. The van der Waals surface area contributed by atoms with E-state index in [-0.39, 0.29) is 11.6 Å². The van der Waals surface area contributed by atoms with Crippen molar-refractivity contribution < 1.29 is 4.79 Å². The fraction of sp³-hybridized carbons (Fsp3) is 0.500. The van der Waals surface area contributed by atoms with Crippen molar-refractivity contribution in [2.24, 2.45) is 0 Å². The second kappa shape index (κ2) is 8.81. The number of hydrogen-bond donors (Lipinski definition) is 1. The first-order valence-electron chi connectivity index (χ1n) is 11.4. The molecule has 0 radical (unpaired) electrons. The Labute approximate surface area is 181 Å². The molecule has 0 aliphatic carbocycles. The Morgan fingerprint density at radius 2 is 1.83 bits per heavy atom. The van der Waals surface area contributed by atoms with E-state index in [2.05, 4.69) is 61.4 Å². The summed E-state index contributed by atoms with van der Waals surface area (Å²) in [5, 5.41) is 3.18. The summed E-state index contributed by atoms with van der Waals surface area (Å²) in [6.07, 6.45) is 5.26. The van der Waals surface area contributed by atoms with Gasteiger partial charge in [-0.25, -0.2) is 4.79 Å². The van der Waals surface area contributed by atoms with Crippen molar-refractivity contribution in [3.8, 4) is 0 Å². The number of fused-ring (bicyclic) bond motifs is 1. The van der Waals surface area contributed by atoms with Gasteiger partial charge in [0, 0.05) is 17.8 Å². The van der Waals surface area contributed by atoms with Gasteiger partial charge in [-0.2, -0.15) is 0 Å². The number of aryl methyl sites for hydroxylation is 1. The molecule has 1 N–H and O–H groups in total. The van der Waals surface area contributed by atoms with E-state index in [1.54, 1.807) is 0 Å². The highest BCUT2D eigenvalue weighted by Gasteiger charge is 2.37. The lowest BCUT2D eigenvalue weighted by molar-refractivity contribution is 0.237. The fourth-order valence-corrected chi connectivity index (χ4v) is 4.90. The van der Waals surface area contributed by atoms with E-state index in [0.717, 1.165) is 38.0 Å². The van der Waals surface area contributed by atoms with E-state index in [4.69, 9.17) is 0 Å². The molecule has 0 aromatic heterocycles. The predicted octanol–water partition coefficient (Wildman–Crippen LogP) is 4.98. The summed E-state index contributed by atoms with van der Waals surface area (Å²) in [4.78, 5) is 17.7. The Balaban J connectivity index is 1.52. The summed E-state index contributed by atoms with van der Waals surface area (Å²) in [5.41, 5.74) is 4.86. The standard InChI is InChI=1S/C26H35N3O/c1-26(2)15-11-22-9-10-23(21-13-17-28(3)18-14-21)19-24(22)29(26)25(30)27-16-12-20-7-5-4-6-8-20/h4-10,19,21H,11-18H2,1-3H3,(H,27,30). The third-order valence-electron chi connectivity index (χ3n) is 6.89. The van der Waals surface area contributed by atoms with Crippen LogP contribution in [-0.2, 0) is 12.8 Å². The van der Waals surface area contributed by atoms with E-state index >= 15 is 0 Å². The van der Waals surface area contributed by atoms with E-state index < -0.39 is 0 Å². The van der Waals surface area contributed by atoms with Crippen LogP contribution in [0.4, 0.5) is 10.5 Å². The van der Waals surface area contributed by atoms with Gasteiger partial charge in [0.2, 0.25) is 0 Å². The normalized spacial score (nSPS) is 19.4. The molecule has 4 heteroatoms. The average Bonchev–Trinajstić information content (AvgIpc) is 2.74. The number of nitrogens with zero attached hydrogens (tertiary/aromatic N) is 2. The minimum Gasteiger partial charge on any atom is -0.337 e. The van der Waals surface area contributed by atoms with E-state index in [1.807, 2.05) is 23.1 Å². The van der Waals surface area contributed by atoms with Crippen molar-refractivity contribution in [2.75, 3.05) is 31.6 Å². The Bertz CT molecular complexity index is 869. The summed E-state index contributed by atoms with van der Waals surface area (Å²) in [6, 6.07) is 17.2. The summed E-state index contributed by atoms with van der Waals surface area (Å²) >= 11 is 0. The number of nitrogens with one attached hydrogen (secondary N) is 1. The topological polar surface area (TPSA) is 35.6 Å². The van der Waals surface area contributed by atoms with Crippen molar-refractivity contribution in [1.82, 2.24) is 10.2 Å². The van der Waals surface area contributed by atoms with Gasteiger partial charge >= 0.3 is 6.03 Å². The summed E-state index contributed by atoms with van der Waals surface area (Å²) < 4.78 is 0. The minimum atomic E-state index is -0.185. The number of carbonyl (C=O) groups is 1.